The number of carbonyl (C=O) groups is 1. The number of hydrogen-bond donors (Lipinski definition) is 1. The first kappa shape index (κ1) is 16.4. The van der Waals surface area contributed by atoms with Crippen LogP contribution in [0.15, 0.2) is 42.5 Å². The molecule has 114 valence electrons. The number of halogens is 2. The van der Waals surface area contributed by atoms with E-state index in [2.05, 4.69) is 5.32 Å². The third-order valence-corrected chi connectivity index (χ3v) is 3.71. The molecule has 5 heteroatoms. The van der Waals surface area contributed by atoms with Crippen LogP contribution in [0.25, 0.3) is 6.08 Å². The molecule has 0 unspecified atom stereocenters. The molecule has 0 aliphatic carbocycles. The molecule has 22 heavy (non-hydrogen) atoms. The number of amides is 1. The van der Waals surface area contributed by atoms with Gasteiger partial charge in [-0.2, -0.15) is 0 Å². The highest BCUT2D eigenvalue weighted by molar-refractivity contribution is 6.33. The van der Waals surface area contributed by atoms with Crippen LogP contribution < -0.4 is 10.1 Å². The predicted molar refractivity (Wildman–Crippen MR) is 91.9 cm³/mol. The Morgan fingerprint density at radius 3 is 2.68 bits per heavy atom. The lowest BCUT2D eigenvalue weighted by Gasteiger charge is -2.07. The van der Waals surface area contributed by atoms with Gasteiger partial charge in [0, 0.05) is 16.8 Å². The second-order valence-electron chi connectivity index (χ2n) is 4.65. The Kier molecular flexibility index (Phi) is 5.47. The average Bonchev–Trinajstić information content (AvgIpc) is 2.49. The second-order valence-corrected chi connectivity index (χ2v) is 5.46. The second kappa shape index (κ2) is 7.34. The quantitative estimate of drug-likeness (QED) is 0.801. The third-order valence-electron chi connectivity index (χ3n) is 3.07. The van der Waals surface area contributed by atoms with E-state index in [9.17, 15) is 4.79 Å². The largest absolute Gasteiger partial charge is 0.495 e. The summed E-state index contributed by atoms with van der Waals surface area (Å²) in [6, 6.07) is 10.7. The van der Waals surface area contributed by atoms with Crippen molar-refractivity contribution in [1.82, 2.24) is 0 Å². The van der Waals surface area contributed by atoms with Crippen molar-refractivity contribution in [1.29, 1.82) is 0 Å². The van der Waals surface area contributed by atoms with Crippen molar-refractivity contribution in [2.75, 3.05) is 12.4 Å². The van der Waals surface area contributed by atoms with Crippen molar-refractivity contribution in [3.63, 3.8) is 0 Å². The standard InChI is InChI=1S/C17H15Cl2NO2/c1-11-10-13(18)7-8-14(11)20-16(21)9-6-12-4-3-5-15(22-2)17(12)19/h3-10H,1-2H3,(H,20,21)/b9-6+. The number of anilines is 1. The molecule has 0 saturated carbocycles. The number of rotatable bonds is 4. The van der Waals surface area contributed by atoms with Crippen LogP contribution in [0.1, 0.15) is 11.1 Å². The number of methoxy groups -OCH3 is 1. The first-order valence-corrected chi connectivity index (χ1v) is 7.34. The molecule has 0 saturated heterocycles. The molecule has 0 aliphatic rings. The van der Waals surface area contributed by atoms with Gasteiger partial charge >= 0.3 is 0 Å². The number of ether oxygens (including phenoxy) is 1. The van der Waals surface area contributed by atoms with Crippen molar-refractivity contribution in [3.8, 4) is 5.75 Å². The maximum atomic E-state index is 12.0. The van der Waals surface area contributed by atoms with Crippen LogP contribution in [0.3, 0.4) is 0 Å². The average molecular weight is 336 g/mol. The summed E-state index contributed by atoms with van der Waals surface area (Å²) >= 11 is 12.1. The highest BCUT2D eigenvalue weighted by atomic mass is 35.5. The van der Waals surface area contributed by atoms with Crippen LogP contribution in [-0.2, 0) is 4.79 Å². The summed E-state index contributed by atoms with van der Waals surface area (Å²) in [6.07, 6.45) is 3.07. The molecule has 0 aromatic heterocycles. The van der Waals surface area contributed by atoms with E-state index in [0.717, 1.165) is 11.3 Å². The molecule has 3 nitrogen and oxygen atoms in total. The lowest BCUT2D eigenvalue weighted by atomic mass is 10.2. The monoisotopic (exact) mass is 335 g/mol. The maximum Gasteiger partial charge on any atom is 0.248 e. The Hall–Kier alpha value is -1.97. The van der Waals surface area contributed by atoms with Crippen LogP contribution in [0.4, 0.5) is 5.69 Å². The Balaban J connectivity index is 2.12. The van der Waals surface area contributed by atoms with Crippen molar-refractivity contribution in [3.05, 3.63) is 63.6 Å². The van der Waals surface area contributed by atoms with E-state index in [0.29, 0.717) is 21.4 Å². The molecule has 2 aromatic carbocycles. The Morgan fingerprint density at radius 1 is 1.23 bits per heavy atom. The first-order chi connectivity index (χ1) is 10.5. The van der Waals surface area contributed by atoms with E-state index in [1.165, 1.54) is 6.08 Å². The molecule has 0 heterocycles. The molecule has 0 radical (unpaired) electrons. The highest BCUT2D eigenvalue weighted by Gasteiger charge is 2.05. The summed E-state index contributed by atoms with van der Waals surface area (Å²) < 4.78 is 5.14. The summed E-state index contributed by atoms with van der Waals surface area (Å²) in [4.78, 5) is 12.0. The van der Waals surface area contributed by atoms with E-state index >= 15 is 0 Å². The van der Waals surface area contributed by atoms with Gasteiger partial charge in [-0.25, -0.2) is 0 Å². The fraction of sp³-hybridized carbons (Fsp3) is 0.118. The molecule has 1 amide bonds. The lowest BCUT2D eigenvalue weighted by Crippen LogP contribution is -2.08. The topological polar surface area (TPSA) is 38.3 Å². The van der Waals surface area contributed by atoms with Gasteiger partial charge in [0.25, 0.3) is 0 Å². The van der Waals surface area contributed by atoms with E-state index in [-0.39, 0.29) is 5.91 Å². The molecular formula is C17H15Cl2NO2. The summed E-state index contributed by atoms with van der Waals surface area (Å²) in [6.45, 7) is 1.88. The van der Waals surface area contributed by atoms with E-state index in [1.54, 1.807) is 37.5 Å². The molecule has 0 bridgehead atoms. The molecule has 1 N–H and O–H groups in total. The summed E-state index contributed by atoms with van der Waals surface area (Å²) in [5.74, 6) is 0.321. The zero-order valence-corrected chi connectivity index (χ0v) is 13.7. The van der Waals surface area contributed by atoms with Gasteiger partial charge in [0.05, 0.1) is 12.1 Å². The van der Waals surface area contributed by atoms with E-state index in [1.807, 2.05) is 19.1 Å². The fourth-order valence-corrected chi connectivity index (χ4v) is 2.41. The van der Waals surface area contributed by atoms with Crippen molar-refractivity contribution >= 4 is 40.9 Å². The smallest absolute Gasteiger partial charge is 0.248 e. The number of benzene rings is 2. The summed E-state index contributed by atoms with van der Waals surface area (Å²) in [5.41, 5.74) is 2.33. The molecule has 0 spiro atoms. The first-order valence-electron chi connectivity index (χ1n) is 6.59. The third kappa shape index (κ3) is 4.03. The lowest BCUT2D eigenvalue weighted by molar-refractivity contribution is -0.111. The van der Waals surface area contributed by atoms with Crippen molar-refractivity contribution < 1.29 is 9.53 Å². The van der Waals surface area contributed by atoms with Gasteiger partial charge in [0.1, 0.15) is 5.75 Å². The van der Waals surface area contributed by atoms with Crippen molar-refractivity contribution in [2.45, 2.75) is 6.92 Å². The minimum Gasteiger partial charge on any atom is -0.495 e. The van der Waals surface area contributed by atoms with Gasteiger partial charge in [0.15, 0.2) is 0 Å². The Labute approximate surface area is 139 Å². The minimum atomic E-state index is -0.246. The molecule has 0 aliphatic heterocycles. The molecule has 0 fully saturated rings. The van der Waals surface area contributed by atoms with Gasteiger partial charge in [-0.3, -0.25) is 4.79 Å². The zero-order chi connectivity index (χ0) is 16.1. The normalized spacial score (nSPS) is 10.7. The van der Waals surface area contributed by atoms with Crippen LogP contribution in [0, 0.1) is 6.92 Å². The number of hydrogen-bond acceptors (Lipinski definition) is 2. The fourth-order valence-electron chi connectivity index (χ4n) is 1.92. The number of nitrogens with one attached hydrogen (secondary N) is 1. The molecular weight excluding hydrogens is 321 g/mol. The predicted octanol–water partition coefficient (Wildman–Crippen LogP) is 4.96. The Morgan fingerprint density at radius 2 is 2.00 bits per heavy atom. The number of aryl methyl sites for hydroxylation is 1. The molecule has 2 rings (SSSR count). The molecule has 0 atom stereocenters. The zero-order valence-electron chi connectivity index (χ0n) is 12.2. The Bertz CT molecular complexity index is 727. The van der Waals surface area contributed by atoms with Gasteiger partial charge in [0.2, 0.25) is 5.91 Å². The van der Waals surface area contributed by atoms with Crippen LogP contribution >= 0.6 is 23.2 Å². The van der Waals surface area contributed by atoms with Gasteiger partial charge in [-0.05, 0) is 48.4 Å². The van der Waals surface area contributed by atoms with Crippen molar-refractivity contribution in [2.24, 2.45) is 0 Å². The minimum absolute atomic E-state index is 0.246. The van der Waals surface area contributed by atoms with Gasteiger partial charge in [-0.15, -0.1) is 0 Å². The van der Waals surface area contributed by atoms with Crippen LogP contribution in [0.2, 0.25) is 10.0 Å². The molecule has 2 aromatic rings. The van der Waals surface area contributed by atoms with Crippen LogP contribution in [-0.4, -0.2) is 13.0 Å². The highest BCUT2D eigenvalue weighted by Crippen LogP contribution is 2.28. The SMILES string of the molecule is COc1cccc(/C=C/C(=O)Nc2ccc(Cl)cc2C)c1Cl. The summed E-state index contributed by atoms with van der Waals surface area (Å²) in [7, 11) is 1.55. The van der Waals surface area contributed by atoms with Gasteiger partial charge < -0.3 is 10.1 Å². The van der Waals surface area contributed by atoms with Crippen LogP contribution in [0.5, 0.6) is 5.75 Å². The van der Waals surface area contributed by atoms with E-state index in [4.69, 9.17) is 27.9 Å². The number of carbonyl (C=O) groups excluding carboxylic acids is 1. The maximum absolute atomic E-state index is 12.0. The summed E-state index contributed by atoms with van der Waals surface area (Å²) in [5, 5.41) is 3.90. The van der Waals surface area contributed by atoms with Gasteiger partial charge in [-0.1, -0.05) is 35.3 Å². The van der Waals surface area contributed by atoms with E-state index < -0.39 is 0 Å².